The highest BCUT2D eigenvalue weighted by Crippen LogP contribution is 2.25. The minimum atomic E-state index is 0.912. The number of allylic oxidation sites excluding steroid dienone is 1. The normalized spacial score (nSPS) is 11.8. The van der Waals surface area contributed by atoms with Gasteiger partial charge in [-0.1, -0.05) is 156 Å². The van der Waals surface area contributed by atoms with E-state index < -0.39 is 0 Å². The summed E-state index contributed by atoms with van der Waals surface area (Å²) in [5, 5.41) is 0. The number of hydrogen-bond acceptors (Lipinski definition) is 0. The molecule has 0 radical (unpaired) electrons. The molecule has 192 valence electrons. The third-order valence-corrected chi connectivity index (χ3v) is 7.17. The molecule has 0 aliphatic rings. The summed E-state index contributed by atoms with van der Waals surface area (Å²) >= 11 is 0. The van der Waals surface area contributed by atoms with Gasteiger partial charge in [0.2, 0.25) is 0 Å². The van der Waals surface area contributed by atoms with E-state index in [0.717, 1.165) is 24.1 Å². The minimum absolute atomic E-state index is 0.912. The van der Waals surface area contributed by atoms with Gasteiger partial charge in [0.25, 0.3) is 0 Å². The number of quaternary nitrogens is 1. The number of nitrogens with zero attached hydrogens (tertiary/aromatic N) is 1. The van der Waals surface area contributed by atoms with E-state index in [1.807, 2.05) is 0 Å². The van der Waals surface area contributed by atoms with Gasteiger partial charge in [0, 0.05) is 16.7 Å². The molecule has 3 aromatic rings. The van der Waals surface area contributed by atoms with Crippen LogP contribution in [0.25, 0.3) is 0 Å². The van der Waals surface area contributed by atoms with E-state index >= 15 is 0 Å². The van der Waals surface area contributed by atoms with E-state index in [0.29, 0.717) is 0 Å². The third kappa shape index (κ3) is 11.0. The molecule has 0 saturated heterocycles. The predicted molar refractivity (Wildman–Crippen MR) is 156 cm³/mol. The van der Waals surface area contributed by atoms with Crippen LogP contribution in [0.3, 0.4) is 0 Å². The summed E-state index contributed by atoms with van der Waals surface area (Å²) in [6.07, 6.45) is 20.1. The first-order chi connectivity index (χ1) is 17.8. The van der Waals surface area contributed by atoms with Crippen molar-refractivity contribution in [3.63, 3.8) is 0 Å². The van der Waals surface area contributed by atoms with Crippen molar-refractivity contribution < 1.29 is 4.48 Å². The molecular formula is C35H48N+. The summed E-state index contributed by atoms with van der Waals surface area (Å²) in [6, 6.07) is 33.0. The quantitative estimate of drug-likeness (QED) is 0.125. The Balaban J connectivity index is 1.62. The van der Waals surface area contributed by atoms with Gasteiger partial charge in [-0.25, -0.2) is 0 Å². The Morgan fingerprint density at radius 2 is 0.833 bits per heavy atom. The molecule has 1 nitrogen and oxygen atoms in total. The lowest BCUT2D eigenvalue weighted by Gasteiger charge is -2.36. The largest absolute Gasteiger partial charge is 0.286 e. The first-order valence-electron chi connectivity index (χ1n) is 14.4. The highest BCUT2D eigenvalue weighted by atomic mass is 15.3. The molecule has 0 spiro atoms. The van der Waals surface area contributed by atoms with E-state index in [1.165, 1.54) is 87.3 Å². The number of benzene rings is 3. The van der Waals surface area contributed by atoms with Crippen LogP contribution < -0.4 is 0 Å². The van der Waals surface area contributed by atoms with Gasteiger partial charge in [0.05, 0.1) is 6.20 Å². The van der Waals surface area contributed by atoms with Crippen LogP contribution in [0.15, 0.2) is 103 Å². The van der Waals surface area contributed by atoms with E-state index in [4.69, 9.17) is 0 Å². The zero-order valence-corrected chi connectivity index (χ0v) is 22.7. The molecule has 1 heteroatoms. The second kappa shape index (κ2) is 16.9. The number of hydrogen-bond donors (Lipinski definition) is 0. The van der Waals surface area contributed by atoms with Crippen molar-refractivity contribution in [2.75, 3.05) is 0 Å². The first kappa shape index (κ1) is 27.9. The molecule has 0 heterocycles. The molecule has 3 rings (SSSR count). The van der Waals surface area contributed by atoms with Crippen LogP contribution in [0.4, 0.5) is 0 Å². The standard InChI is InChI=1S/C35H48N/c1-2-3-4-5-6-7-8-9-10-11-12-22-29-36(30-33-23-16-13-17-24-33,31-34-25-18-14-19-26-34)32-35-27-20-15-21-28-35/h13-29H,2-12,30-32H2,1H3/q+1/b29-22+. The van der Waals surface area contributed by atoms with Crippen LogP contribution in [0, 0.1) is 0 Å². The summed E-state index contributed by atoms with van der Waals surface area (Å²) in [6.45, 7) is 5.29. The molecule has 0 aromatic heterocycles. The van der Waals surface area contributed by atoms with Crippen LogP contribution >= 0.6 is 0 Å². The van der Waals surface area contributed by atoms with Crippen molar-refractivity contribution in [2.45, 2.75) is 97.2 Å². The topological polar surface area (TPSA) is 0 Å². The fourth-order valence-electron chi connectivity index (χ4n) is 5.21. The summed E-state index contributed by atoms with van der Waals surface area (Å²) in [4.78, 5) is 0. The second-order valence-electron chi connectivity index (χ2n) is 10.5. The third-order valence-electron chi connectivity index (χ3n) is 7.17. The van der Waals surface area contributed by atoms with Crippen LogP contribution in [0.5, 0.6) is 0 Å². The van der Waals surface area contributed by atoms with Crippen LogP contribution in [-0.4, -0.2) is 4.48 Å². The minimum Gasteiger partial charge on any atom is -0.286 e. The monoisotopic (exact) mass is 482 g/mol. The fraction of sp³-hybridized carbons (Fsp3) is 0.429. The molecular weight excluding hydrogens is 434 g/mol. The Morgan fingerprint density at radius 3 is 1.22 bits per heavy atom. The number of unbranched alkanes of at least 4 members (excludes halogenated alkanes) is 10. The van der Waals surface area contributed by atoms with Gasteiger partial charge in [0.15, 0.2) is 0 Å². The summed E-state index contributed by atoms with van der Waals surface area (Å²) in [7, 11) is 0. The zero-order chi connectivity index (χ0) is 25.2. The van der Waals surface area contributed by atoms with Crippen LogP contribution in [0.2, 0.25) is 0 Å². The summed E-state index contributed by atoms with van der Waals surface area (Å²) in [5.41, 5.74) is 4.19. The lowest BCUT2D eigenvalue weighted by molar-refractivity contribution is -0.919. The van der Waals surface area contributed by atoms with Gasteiger partial charge in [-0.15, -0.1) is 0 Å². The van der Waals surface area contributed by atoms with Gasteiger partial charge < -0.3 is 0 Å². The molecule has 0 saturated carbocycles. The van der Waals surface area contributed by atoms with Gasteiger partial charge >= 0.3 is 0 Å². The van der Waals surface area contributed by atoms with E-state index in [1.54, 1.807) is 0 Å². The Bertz CT molecular complexity index is 844. The SMILES string of the molecule is CCCCCCCCCCCC/C=C/[N+](Cc1ccccc1)(Cc1ccccc1)Cc1ccccc1. The molecule has 0 N–H and O–H groups in total. The van der Waals surface area contributed by atoms with Crippen molar-refractivity contribution in [1.82, 2.24) is 0 Å². The molecule has 36 heavy (non-hydrogen) atoms. The Hall–Kier alpha value is -2.64. The maximum atomic E-state index is 2.51. The van der Waals surface area contributed by atoms with Gasteiger partial charge in [-0.05, 0) is 18.9 Å². The van der Waals surface area contributed by atoms with Crippen molar-refractivity contribution in [1.29, 1.82) is 0 Å². The average Bonchev–Trinajstić information content (AvgIpc) is 2.91. The predicted octanol–water partition coefficient (Wildman–Crippen LogP) is 10.2. The molecule has 0 fully saturated rings. The maximum Gasteiger partial charge on any atom is 0.109 e. The van der Waals surface area contributed by atoms with Crippen molar-refractivity contribution in [3.05, 3.63) is 120 Å². The molecule has 3 aromatic carbocycles. The zero-order valence-electron chi connectivity index (χ0n) is 22.7. The van der Waals surface area contributed by atoms with Crippen molar-refractivity contribution >= 4 is 0 Å². The highest BCUT2D eigenvalue weighted by Gasteiger charge is 2.26. The van der Waals surface area contributed by atoms with E-state index in [-0.39, 0.29) is 0 Å². The Labute approximate surface area is 221 Å². The molecule has 0 amide bonds. The van der Waals surface area contributed by atoms with Gasteiger partial charge in [-0.2, -0.15) is 0 Å². The maximum absolute atomic E-state index is 2.51. The lowest BCUT2D eigenvalue weighted by Crippen LogP contribution is -2.40. The molecule has 0 aliphatic heterocycles. The van der Waals surface area contributed by atoms with Gasteiger partial charge in [0.1, 0.15) is 19.6 Å². The molecule has 0 unspecified atom stereocenters. The van der Waals surface area contributed by atoms with E-state index in [9.17, 15) is 0 Å². The molecule has 0 bridgehead atoms. The summed E-state index contributed by atoms with van der Waals surface area (Å²) in [5.74, 6) is 0. The van der Waals surface area contributed by atoms with Gasteiger partial charge in [-0.3, -0.25) is 4.48 Å². The Morgan fingerprint density at radius 1 is 0.472 bits per heavy atom. The van der Waals surface area contributed by atoms with Crippen LogP contribution in [0.1, 0.15) is 94.2 Å². The molecule has 0 aliphatic carbocycles. The van der Waals surface area contributed by atoms with Crippen molar-refractivity contribution in [2.24, 2.45) is 0 Å². The van der Waals surface area contributed by atoms with E-state index in [2.05, 4.69) is 110 Å². The first-order valence-corrected chi connectivity index (χ1v) is 14.4. The van der Waals surface area contributed by atoms with Crippen LogP contribution in [-0.2, 0) is 19.6 Å². The number of rotatable bonds is 18. The fourth-order valence-corrected chi connectivity index (χ4v) is 5.21. The average molecular weight is 483 g/mol. The summed E-state index contributed by atoms with van der Waals surface area (Å²) < 4.78 is 0.912. The lowest BCUT2D eigenvalue weighted by atomic mass is 10.1. The Kier molecular flexibility index (Phi) is 13.1. The van der Waals surface area contributed by atoms with Crippen molar-refractivity contribution in [3.8, 4) is 0 Å². The molecule has 0 atom stereocenters. The highest BCUT2D eigenvalue weighted by molar-refractivity contribution is 5.17. The smallest absolute Gasteiger partial charge is 0.109 e. The second-order valence-corrected chi connectivity index (χ2v) is 10.5.